The molecule has 1 saturated heterocycles. The van der Waals surface area contributed by atoms with Gasteiger partial charge in [-0.1, -0.05) is 0 Å². The Morgan fingerprint density at radius 2 is 2.47 bits per heavy atom. The molecule has 2 heterocycles. The van der Waals surface area contributed by atoms with Gasteiger partial charge in [0.05, 0.1) is 11.3 Å². The lowest BCUT2D eigenvalue weighted by Gasteiger charge is -2.18. The van der Waals surface area contributed by atoms with Gasteiger partial charge in [0.15, 0.2) is 0 Å². The molecule has 1 fully saturated rings. The van der Waals surface area contributed by atoms with Crippen LogP contribution in [-0.2, 0) is 0 Å². The molecule has 0 aliphatic carbocycles. The van der Waals surface area contributed by atoms with E-state index in [1.807, 2.05) is 17.9 Å². The fourth-order valence-corrected chi connectivity index (χ4v) is 2.52. The van der Waals surface area contributed by atoms with Gasteiger partial charge in [0, 0.05) is 38.6 Å². The molecule has 0 spiro atoms. The summed E-state index contributed by atoms with van der Waals surface area (Å²) >= 11 is 0. The van der Waals surface area contributed by atoms with E-state index in [2.05, 4.69) is 10.3 Å². The number of nitrogens with one attached hydrogen (secondary N) is 1. The van der Waals surface area contributed by atoms with Gasteiger partial charge < -0.3 is 15.3 Å². The molecule has 1 atom stereocenters. The number of hydrogen-bond acceptors (Lipinski definition) is 4. The number of rotatable bonds is 5. The molecule has 1 aliphatic rings. The van der Waals surface area contributed by atoms with Crippen LogP contribution in [0.1, 0.15) is 30.1 Å². The largest absolute Gasteiger partial charge is 0.396 e. The smallest absolute Gasteiger partial charge is 0.257 e. The number of pyridine rings is 1. The van der Waals surface area contributed by atoms with E-state index in [0.717, 1.165) is 38.2 Å². The predicted octanol–water partition coefficient (Wildman–Crippen LogP) is 1.36. The minimum Gasteiger partial charge on any atom is -0.396 e. The number of carbonyl (C=O) groups is 1. The average molecular weight is 263 g/mol. The molecule has 2 N–H and O–H groups in total. The summed E-state index contributed by atoms with van der Waals surface area (Å²) in [5, 5.41) is 12.1. The van der Waals surface area contributed by atoms with E-state index >= 15 is 0 Å². The Labute approximate surface area is 113 Å². The van der Waals surface area contributed by atoms with E-state index in [1.54, 1.807) is 12.4 Å². The molecule has 104 valence electrons. The minimum atomic E-state index is 0.0319. The molecule has 1 aliphatic heterocycles. The second-order valence-electron chi connectivity index (χ2n) is 4.87. The lowest BCUT2D eigenvalue weighted by atomic mass is 10.1. The normalized spacial score (nSPS) is 18.6. The van der Waals surface area contributed by atoms with Crippen molar-refractivity contribution < 1.29 is 9.90 Å². The van der Waals surface area contributed by atoms with Gasteiger partial charge in [-0.2, -0.15) is 0 Å². The Morgan fingerprint density at radius 3 is 3.21 bits per heavy atom. The lowest BCUT2D eigenvalue weighted by Crippen LogP contribution is -2.29. The number of amides is 1. The van der Waals surface area contributed by atoms with Crippen LogP contribution in [0.25, 0.3) is 0 Å². The SMILES string of the molecule is CCNc1ccncc1C(=O)N1CCC(CCO)C1. The van der Waals surface area contributed by atoms with Crippen molar-refractivity contribution in [1.29, 1.82) is 0 Å². The average Bonchev–Trinajstić information content (AvgIpc) is 2.88. The Morgan fingerprint density at radius 1 is 1.63 bits per heavy atom. The Kier molecular flexibility index (Phi) is 4.74. The zero-order valence-corrected chi connectivity index (χ0v) is 11.3. The van der Waals surface area contributed by atoms with Crippen molar-refractivity contribution in [3.05, 3.63) is 24.0 Å². The summed E-state index contributed by atoms with van der Waals surface area (Å²) in [5.41, 5.74) is 1.47. The maximum Gasteiger partial charge on any atom is 0.257 e. The van der Waals surface area contributed by atoms with Gasteiger partial charge in [-0.3, -0.25) is 9.78 Å². The van der Waals surface area contributed by atoms with Crippen molar-refractivity contribution in [3.63, 3.8) is 0 Å². The van der Waals surface area contributed by atoms with E-state index in [4.69, 9.17) is 5.11 Å². The lowest BCUT2D eigenvalue weighted by molar-refractivity contribution is 0.0785. The van der Waals surface area contributed by atoms with E-state index in [9.17, 15) is 4.79 Å². The van der Waals surface area contributed by atoms with Crippen LogP contribution in [-0.4, -0.2) is 47.1 Å². The van der Waals surface area contributed by atoms with Crippen LogP contribution in [0, 0.1) is 5.92 Å². The first kappa shape index (κ1) is 13.8. The van der Waals surface area contributed by atoms with Crippen molar-refractivity contribution in [2.24, 2.45) is 5.92 Å². The molecule has 1 unspecified atom stereocenters. The standard InChI is InChI=1S/C14H21N3O2/c1-2-16-13-3-6-15-9-12(13)14(19)17-7-4-11(10-17)5-8-18/h3,6,9,11,18H,2,4-5,7-8,10H2,1H3,(H,15,16). The minimum absolute atomic E-state index is 0.0319. The topological polar surface area (TPSA) is 65.5 Å². The fourth-order valence-electron chi connectivity index (χ4n) is 2.52. The molecule has 0 radical (unpaired) electrons. The van der Waals surface area contributed by atoms with Crippen LogP contribution in [0.2, 0.25) is 0 Å². The summed E-state index contributed by atoms with van der Waals surface area (Å²) in [6, 6.07) is 1.83. The van der Waals surface area contributed by atoms with Gasteiger partial charge in [0.1, 0.15) is 0 Å². The monoisotopic (exact) mass is 263 g/mol. The number of aromatic nitrogens is 1. The third-order valence-corrected chi connectivity index (χ3v) is 3.53. The quantitative estimate of drug-likeness (QED) is 0.842. The van der Waals surface area contributed by atoms with Gasteiger partial charge in [-0.15, -0.1) is 0 Å². The first-order chi connectivity index (χ1) is 9.26. The Hall–Kier alpha value is -1.62. The van der Waals surface area contributed by atoms with Crippen LogP contribution in [0.3, 0.4) is 0 Å². The van der Waals surface area contributed by atoms with Crippen LogP contribution in [0.4, 0.5) is 5.69 Å². The Balaban J connectivity index is 2.08. The molecule has 5 heteroatoms. The van der Waals surface area contributed by atoms with Gasteiger partial charge in [0.2, 0.25) is 0 Å². The van der Waals surface area contributed by atoms with E-state index in [-0.39, 0.29) is 12.5 Å². The van der Waals surface area contributed by atoms with E-state index < -0.39 is 0 Å². The van der Waals surface area contributed by atoms with Gasteiger partial charge >= 0.3 is 0 Å². The molecule has 0 aromatic carbocycles. The third kappa shape index (κ3) is 3.23. The van der Waals surface area contributed by atoms with Crippen LogP contribution in [0.15, 0.2) is 18.5 Å². The van der Waals surface area contributed by atoms with Crippen LogP contribution in [0.5, 0.6) is 0 Å². The number of carbonyl (C=O) groups excluding carboxylic acids is 1. The molecule has 1 aromatic heterocycles. The second-order valence-corrected chi connectivity index (χ2v) is 4.87. The summed E-state index contributed by atoms with van der Waals surface area (Å²) in [4.78, 5) is 18.4. The summed E-state index contributed by atoms with van der Waals surface area (Å²) in [5.74, 6) is 0.456. The summed E-state index contributed by atoms with van der Waals surface area (Å²) in [7, 11) is 0. The first-order valence-electron chi connectivity index (χ1n) is 6.84. The predicted molar refractivity (Wildman–Crippen MR) is 74.1 cm³/mol. The maximum atomic E-state index is 12.5. The molecule has 0 bridgehead atoms. The summed E-state index contributed by atoms with van der Waals surface area (Å²) < 4.78 is 0. The highest BCUT2D eigenvalue weighted by atomic mass is 16.3. The van der Waals surface area contributed by atoms with Crippen molar-refractivity contribution in [3.8, 4) is 0 Å². The molecule has 0 saturated carbocycles. The second kappa shape index (κ2) is 6.52. The fraction of sp³-hybridized carbons (Fsp3) is 0.571. The van der Waals surface area contributed by atoms with Gasteiger partial charge in [-0.05, 0) is 31.7 Å². The number of nitrogens with zero attached hydrogens (tertiary/aromatic N) is 2. The highest BCUT2D eigenvalue weighted by molar-refractivity contribution is 5.99. The van der Waals surface area contributed by atoms with Crippen LogP contribution >= 0.6 is 0 Å². The van der Waals surface area contributed by atoms with Gasteiger partial charge in [0.25, 0.3) is 5.91 Å². The highest BCUT2D eigenvalue weighted by Crippen LogP contribution is 2.23. The number of hydrogen-bond donors (Lipinski definition) is 2. The summed E-state index contributed by atoms with van der Waals surface area (Å²) in [6.07, 6.45) is 5.06. The zero-order valence-electron chi connectivity index (χ0n) is 11.3. The van der Waals surface area contributed by atoms with Crippen molar-refractivity contribution >= 4 is 11.6 Å². The Bertz CT molecular complexity index is 436. The molecule has 2 rings (SSSR count). The first-order valence-corrected chi connectivity index (χ1v) is 6.84. The molecule has 1 amide bonds. The number of aliphatic hydroxyl groups excluding tert-OH is 1. The third-order valence-electron chi connectivity index (χ3n) is 3.53. The number of anilines is 1. The molecular formula is C14H21N3O2. The number of likely N-dealkylation sites (tertiary alicyclic amines) is 1. The van der Waals surface area contributed by atoms with Crippen molar-refractivity contribution in [2.45, 2.75) is 19.8 Å². The van der Waals surface area contributed by atoms with E-state index in [1.165, 1.54) is 0 Å². The molecule has 5 nitrogen and oxygen atoms in total. The number of aliphatic hydroxyl groups is 1. The highest BCUT2D eigenvalue weighted by Gasteiger charge is 2.27. The van der Waals surface area contributed by atoms with Crippen LogP contribution < -0.4 is 5.32 Å². The van der Waals surface area contributed by atoms with E-state index in [0.29, 0.717) is 11.5 Å². The zero-order chi connectivity index (χ0) is 13.7. The van der Waals surface area contributed by atoms with Crippen molar-refractivity contribution in [2.75, 3.05) is 31.6 Å². The summed E-state index contributed by atoms with van der Waals surface area (Å²) in [6.45, 7) is 4.48. The molecule has 19 heavy (non-hydrogen) atoms. The maximum absolute atomic E-state index is 12.5. The van der Waals surface area contributed by atoms with Gasteiger partial charge in [-0.25, -0.2) is 0 Å². The molecular weight excluding hydrogens is 242 g/mol. The molecule has 1 aromatic rings. The van der Waals surface area contributed by atoms with Crippen molar-refractivity contribution in [1.82, 2.24) is 9.88 Å².